The van der Waals surface area contributed by atoms with Crippen molar-refractivity contribution in [3.05, 3.63) is 29.1 Å². The quantitative estimate of drug-likeness (QED) is 0.649. The maximum Gasteiger partial charge on any atom is 0.338 e. The predicted molar refractivity (Wildman–Crippen MR) is 63.2 cm³/mol. The molecule has 1 aliphatic carbocycles. The van der Waals surface area contributed by atoms with Crippen molar-refractivity contribution >= 4 is 11.7 Å². The lowest BCUT2D eigenvalue weighted by Crippen LogP contribution is -2.20. The molecule has 1 aromatic carbocycles. The molecule has 0 bridgehead atoms. The number of carbonyl (C=O) groups is 1. The highest BCUT2D eigenvalue weighted by molar-refractivity contribution is 5.90. The minimum absolute atomic E-state index is 0.185. The third kappa shape index (κ3) is 2.57. The molecule has 0 radical (unpaired) electrons. The van der Waals surface area contributed by atoms with Gasteiger partial charge in [-0.2, -0.15) is 0 Å². The molecular formula is C13H16FNO2. The number of rotatable bonds is 3. The minimum Gasteiger partial charge on any atom is -0.462 e. The maximum absolute atomic E-state index is 13.4. The maximum atomic E-state index is 13.4. The number of hydrogen-bond acceptors (Lipinski definition) is 3. The van der Waals surface area contributed by atoms with Gasteiger partial charge in [0.15, 0.2) is 0 Å². The molecule has 17 heavy (non-hydrogen) atoms. The molecule has 1 saturated carbocycles. The summed E-state index contributed by atoms with van der Waals surface area (Å²) in [6.07, 6.45) is 3.42. The standard InChI is InChI=1S/C13H16FNO2/c1-8-11(14)5-10(6-12(8)15)13(16)17-7-9-3-2-4-9/h5-6,9H,2-4,7,15H2,1H3. The van der Waals surface area contributed by atoms with Crippen LogP contribution in [0.2, 0.25) is 0 Å². The van der Waals surface area contributed by atoms with Crippen molar-refractivity contribution in [1.82, 2.24) is 0 Å². The highest BCUT2D eigenvalue weighted by Crippen LogP contribution is 2.26. The molecule has 0 heterocycles. The lowest BCUT2D eigenvalue weighted by molar-refractivity contribution is 0.0371. The van der Waals surface area contributed by atoms with Crippen molar-refractivity contribution in [2.75, 3.05) is 12.3 Å². The van der Waals surface area contributed by atoms with Gasteiger partial charge < -0.3 is 10.5 Å². The molecule has 92 valence electrons. The van der Waals surface area contributed by atoms with Gasteiger partial charge in [-0.3, -0.25) is 0 Å². The Morgan fingerprint density at radius 2 is 2.24 bits per heavy atom. The van der Waals surface area contributed by atoms with Crippen LogP contribution in [0.25, 0.3) is 0 Å². The normalized spacial score (nSPS) is 15.4. The highest BCUT2D eigenvalue weighted by Gasteiger charge is 2.20. The van der Waals surface area contributed by atoms with Crippen molar-refractivity contribution in [3.63, 3.8) is 0 Å². The number of hydrogen-bond donors (Lipinski definition) is 1. The lowest BCUT2D eigenvalue weighted by atomic mass is 9.86. The van der Waals surface area contributed by atoms with E-state index in [1.54, 1.807) is 6.92 Å². The van der Waals surface area contributed by atoms with Gasteiger partial charge in [0.05, 0.1) is 12.2 Å². The summed E-state index contributed by atoms with van der Waals surface area (Å²) in [5, 5.41) is 0. The molecule has 1 aliphatic rings. The number of anilines is 1. The number of halogens is 1. The van der Waals surface area contributed by atoms with Crippen molar-refractivity contribution in [3.8, 4) is 0 Å². The van der Waals surface area contributed by atoms with Crippen LogP contribution in [-0.2, 0) is 4.74 Å². The lowest BCUT2D eigenvalue weighted by Gasteiger charge is -2.24. The second-order valence-electron chi connectivity index (χ2n) is 4.57. The SMILES string of the molecule is Cc1c(N)cc(C(=O)OCC2CCC2)cc1F. The average molecular weight is 237 g/mol. The summed E-state index contributed by atoms with van der Waals surface area (Å²) in [7, 11) is 0. The van der Waals surface area contributed by atoms with Crippen LogP contribution in [0.15, 0.2) is 12.1 Å². The van der Waals surface area contributed by atoms with Crippen molar-refractivity contribution < 1.29 is 13.9 Å². The Hall–Kier alpha value is -1.58. The third-order valence-electron chi connectivity index (χ3n) is 3.30. The Morgan fingerprint density at radius 3 is 2.76 bits per heavy atom. The summed E-state index contributed by atoms with van der Waals surface area (Å²) in [6, 6.07) is 2.64. The highest BCUT2D eigenvalue weighted by atomic mass is 19.1. The van der Waals surface area contributed by atoms with E-state index in [1.807, 2.05) is 0 Å². The van der Waals surface area contributed by atoms with Gasteiger partial charge in [-0.1, -0.05) is 6.42 Å². The zero-order valence-electron chi connectivity index (χ0n) is 9.83. The van der Waals surface area contributed by atoms with Gasteiger partial charge in [-0.15, -0.1) is 0 Å². The van der Waals surface area contributed by atoms with E-state index in [0.29, 0.717) is 18.1 Å². The first-order valence-electron chi connectivity index (χ1n) is 5.80. The molecule has 0 aromatic heterocycles. The Labute approximate surface area is 99.8 Å². The monoisotopic (exact) mass is 237 g/mol. The van der Waals surface area contributed by atoms with Gasteiger partial charge in [0, 0.05) is 11.3 Å². The first-order chi connectivity index (χ1) is 8.08. The summed E-state index contributed by atoms with van der Waals surface area (Å²) >= 11 is 0. The zero-order valence-corrected chi connectivity index (χ0v) is 9.83. The van der Waals surface area contributed by atoms with Gasteiger partial charge in [0.2, 0.25) is 0 Å². The molecule has 2 rings (SSSR count). The molecule has 1 aromatic rings. The smallest absolute Gasteiger partial charge is 0.338 e. The van der Waals surface area contributed by atoms with E-state index in [-0.39, 0.29) is 11.3 Å². The Kier molecular flexibility index (Phi) is 3.31. The number of nitrogens with two attached hydrogens (primary N) is 1. The van der Waals surface area contributed by atoms with Gasteiger partial charge >= 0.3 is 5.97 Å². The van der Waals surface area contributed by atoms with Crippen LogP contribution in [-0.4, -0.2) is 12.6 Å². The van der Waals surface area contributed by atoms with Gasteiger partial charge in [-0.25, -0.2) is 9.18 Å². The average Bonchev–Trinajstić information content (AvgIpc) is 2.22. The van der Waals surface area contributed by atoms with Crippen LogP contribution < -0.4 is 5.73 Å². The van der Waals surface area contributed by atoms with Crippen LogP contribution in [0.1, 0.15) is 35.2 Å². The Bertz CT molecular complexity index is 418. The number of ether oxygens (including phenoxy) is 1. The van der Waals surface area contributed by atoms with Gasteiger partial charge in [0.1, 0.15) is 5.82 Å². The van der Waals surface area contributed by atoms with E-state index in [4.69, 9.17) is 10.5 Å². The summed E-state index contributed by atoms with van der Waals surface area (Å²) < 4.78 is 18.5. The third-order valence-corrected chi connectivity index (χ3v) is 3.30. The van der Waals surface area contributed by atoms with E-state index in [1.165, 1.54) is 18.6 Å². The second kappa shape index (κ2) is 4.73. The number of carbonyl (C=O) groups excluding carboxylic acids is 1. The fourth-order valence-corrected chi connectivity index (χ4v) is 1.75. The fourth-order valence-electron chi connectivity index (χ4n) is 1.75. The van der Waals surface area contributed by atoms with Crippen LogP contribution in [0.4, 0.5) is 10.1 Å². The predicted octanol–water partition coefficient (Wildman–Crippen LogP) is 2.67. The van der Waals surface area contributed by atoms with Crippen LogP contribution in [0.3, 0.4) is 0 Å². The first-order valence-corrected chi connectivity index (χ1v) is 5.80. The largest absolute Gasteiger partial charge is 0.462 e. The molecule has 0 spiro atoms. The van der Waals surface area contributed by atoms with Gasteiger partial charge in [-0.05, 0) is 37.8 Å². The van der Waals surface area contributed by atoms with E-state index >= 15 is 0 Å². The molecule has 0 amide bonds. The topological polar surface area (TPSA) is 52.3 Å². The van der Waals surface area contributed by atoms with E-state index in [2.05, 4.69) is 0 Å². The molecule has 0 saturated heterocycles. The minimum atomic E-state index is -0.498. The molecule has 2 N–H and O–H groups in total. The molecular weight excluding hydrogens is 221 g/mol. The number of esters is 1. The van der Waals surface area contributed by atoms with Crippen molar-refractivity contribution in [2.45, 2.75) is 26.2 Å². The van der Waals surface area contributed by atoms with Crippen molar-refractivity contribution in [1.29, 1.82) is 0 Å². The van der Waals surface area contributed by atoms with Crippen LogP contribution in [0, 0.1) is 18.7 Å². The summed E-state index contributed by atoms with van der Waals surface area (Å²) in [5.41, 5.74) is 6.43. The van der Waals surface area contributed by atoms with E-state index in [9.17, 15) is 9.18 Å². The summed E-state index contributed by atoms with van der Waals surface area (Å²) in [4.78, 5) is 11.7. The Morgan fingerprint density at radius 1 is 1.53 bits per heavy atom. The Balaban J connectivity index is 2.02. The summed E-state index contributed by atoms with van der Waals surface area (Å²) in [6.45, 7) is 2.00. The zero-order chi connectivity index (χ0) is 12.4. The number of benzene rings is 1. The van der Waals surface area contributed by atoms with Crippen molar-refractivity contribution in [2.24, 2.45) is 5.92 Å². The van der Waals surface area contributed by atoms with Crippen LogP contribution in [0.5, 0.6) is 0 Å². The molecule has 0 atom stereocenters. The summed E-state index contributed by atoms with van der Waals surface area (Å²) in [5.74, 6) is -0.491. The fraction of sp³-hybridized carbons (Fsp3) is 0.462. The van der Waals surface area contributed by atoms with E-state index < -0.39 is 11.8 Å². The first kappa shape index (κ1) is 11.9. The van der Waals surface area contributed by atoms with Gasteiger partial charge in [0.25, 0.3) is 0 Å². The van der Waals surface area contributed by atoms with Crippen LogP contribution >= 0.6 is 0 Å². The molecule has 0 aliphatic heterocycles. The molecule has 0 unspecified atom stereocenters. The van der Waals surface area contributed by atoms with E-state index in [0.717, 1.165) is 12.8 Å². The molecule has 1 fully saturated rings. The second-order valence-corrected chi connectivity index (χ2v) is 4.57. The molecule has 3 nitrogen and oxygen atoms in total. The number of nitrogen functional groups attached to an aromatic ring is 1. The molecule has 4 heteroatoms.